The molecule has 0 aliphatic carbocycles. The summed E-state index contributed by atoms with van der Waals surface area (Å²) in [6.07, 6.45) is 0.930. The molecule has 0 spiro atoms. The van der Waals surface area contributed by atoms with Crippen LogP contribution in [0.5, 0.6) is 0 Å². The van der Waals surface area contributed by atoms with Crippen LogP contribution >= 0.6 is 11.8 Å². The predicted octanol–water partition coefficient (Wildman–Crippen LogP) is 5.10. The lowest BCUT2D eigenvalue weighted by Gasteiger charge is -2.32. The van der Waals surface area contributed by atoms with Crippen LogP contribution in [0.2, 0.25) is 0 Å². The fraction of sp³-hybridized carbons (Fsp3) is 0.174. The van der Waals surface area contributed by atoms with Crippen molar-refractivity contribution in [2.45, 2.75) is 23.1 Å². The third-order valence-corrected chi connectivity index (χ3v) is 6.02. The van der Waals surface area contributed by atoms with Crippen LogP contribution in [0.4, 0.5) is 0 Å². The van der Waals surface area contributed by atoms with E-state index in [4.69, 9.17) is 0 Å². The van der Waals surface area contributed by atoms with Crippen molar-refractivity contribution in [2.75, 3.05) is 6.54 Å². The van der Waals surface area contributed by atoms with Crippen molar-refractivity contribution in [2.24, 2.45) is 0 Å². The highest BCUT2D eigenvalue weighted by Crippen LogP contribution is 2.37. The van der Waals surface area contributed by atoms with Crippen LogP contribution in [-0.2, 0) is 17.8 Å². The van der Waals surface area contributed by atoms with Crippen LogP contribution in [0, 0.1) is 0 Å². The Balaban J connectivity index is 1.60. The molecule has 3 aromatic rings. The Hall–Kier alpha value is -2.52. The third kappa shape index (κ3) is 3.68. The van der Waals surface area contributed by atoms with E-state index in [0.29, 0.717) is 6.54 Å². The number of hydrogen-bond acceptors (Lipinski definition) is 2. The molecule has 0 saturated heterocycles. The Morgan fingerprint density at radius 1 is 0.808 bits per heavy atom. The minimum Gasteiger partial charge on any atom is -0.337 e. The molecule has 130 valence electrons. The second-order valence-electron chi connectivity index (χ2n) is 6.50. The van der Waals surface area contributed by atoms with E-state index in [-0.39, 0.29) is 11.2 Å². The maximum atomic E-state index is 13.4. The van der Waals surface area contributed by atoms with Gasteiger partial charge >= 0.3 is 0 Å². The van der Waals surface area contributed by atoms with Gasteiger partial charge in [-0.1, -0.05) is 72.8 Å². The van der Waals surface area contributed by atoms with Crippen LogP contribution < -0.4 is 0 Å². The average Bonchev–Trinajstić information content (AvgIpc) is 2.72. The van der Waals surface area contributed by atoms with E-state index in [9.17, 15) is 4.79 Å². The van der Waals surface area contributed by atoms with Crippen LogP contribution in [0.3, 0.4) is 0 Å². The molecule has 3 heteroatoms. The number of thioether (sulfide) groups is 1. The highest BCUT2D eigenvalue weighted by Gasteiger charge is 2.29. The lowest BCUT2D eigenvalue weighted by atomic mass is 9.99. The molecule has 0 radical (unpaired) electrons. The van der Waals surface area contributed by atoms with Gasteiger partial charge in [0.1, 0.15) is 5.25 Å². The first kappa shape index (κ1) is 16.9. The lowest BCUT2D eigenvalue weighted by molar-refractivity contribution is -0.131. The molecular weight excluding hydrogens is 338 g/mol. The van der Waals surface area contributed by atoms with E-state index in [0.717, 1.165) is 23.4 Å². The normalized spacial score (nSPS) is 14.5. The maximum absolute atomic E-state index is 13.4. The van der Waals surface area contributed by atoms with Gasteiger partial charge < -0.3 is 4.90 Å². The smallest absolute Gasteiger partial charge is 0.240 e. The predicted molar refractivity (Wildman–Crippen MR) is 107 cm³/mol. The van der Waals surface area contributed by atoms with E-state index in [1.165, 1.54) is 11.1 Å². The van der Waals surface area contributed by atoms with Gasteiger partial charge in [-0.05, 0) is 35.2 Å². The average molecular weight is 359 g/mol. The molecule has 0 aromatic heterocycles. The zero-order chi connectivity index (χ0) is 17.8. The number of rotatable bonds is 4. The second kappa shape index (κ2) is 7.79. The molecular formula is C23H21NOS. The fourth-order valence-corrected chi connectivity index (χ4v) is 4.50. The van der Waals surface area contributed by atoms with E-state index < -0.39 is 0 Å². The van der Waals surface area contributed by atoms with Gasteiger partial charge in [-0.2, -0.15) is 0 Å². The van der Waals surface area contributed by atoms with E-state index in [1.54, 1.807) is 11.8 Å². The minimum atomic E-state index is -0.219. The number of fused-ring (bicyclic) bond motifs is 1. The summed E-state index contributed by atoms with van der Waals surface area (Å²) in [4.78, 5) is 16.5. The Kier molecular flexibility index (Phi) is 5.07. The van der Waals surface area contributed by atoms with Crippen molar-refractivity contribution < 1.29 is 4.79 Å². The molecule has 0 N–H and O–H groups in total. The summed E-state index contributed by atoms with van der Waals surface area (Å²) in [5, 5.41) is -0.219. The van der Waals surface area contributed by atoms with Crippen LogP contribution in [-0.4, -0.2) is 17.4 Å². The Morgan fingerprint density at radius 3 is 2.15 bits per heavy atom. The number of nitrogens with zero attached hydrogens (tertiary/aromatic N) is 1. The van der Waals surface area contributed by atoms with Crippen molar-refractivity contribution in [1.82, 2.24) is 4.90 Å². The second-order valence-corrected chi connectivity index (χ2v) is 7.68. The highest BCUT2D eigenvalue weighted by atomic mass is 32.2. The van der Waals surface area contributed by atoms with E-state index in [2.05, 4.69) is 48.5 Å². The Bertz CT molecular complexity index is 879. The summed E-state index contributed by atoms with van der Waals surface area (Å²) in [6, 6.07) is 28.7. The van der Waals surface area contributed by atoms with Crippen molar-refractivity contribution in [3.8, 4) is 0 Å². The molecule has 0 saturated carbocycles. The molecule has 4 rings (SSSR count). The molecule has 0 fully saturated rings. The fourth-order valence-electron chi connectivity index (χ4n) is 3.37. The van der Waals surface area contributed by atoms with E-state index in [1.807, 2.05) is 41.3 Å². The van der Waals surface area contributed by atoms with E-state index >= 15 is 0 Å². The van der Waals surface area contributed by atoms with Gasteiger partial charge in [0.05, 0.1) is 0 Å². The molecule has 1 amide bonds. The van der Waals surface area contributed by atoms with Crippen molar-refractivity contribution >= 4 is 17.7 Å². The van der Waals surface area contributed by atoms with Gasteiger partial charge in [-0.25, -0.2) is 0 Å². The Labute approximate surface area is 158 Å². The summed E-state index contributed by atoms with van der Waals surface area (Å²) in [7, 11) is 0. The molecule has 1 aliphatic rings. The monoisotopic (exact) mass is 359 g/mol. The summed E-state index contributed by atoms with van der Waals surface area (Å²) in [5.74, 6) is 0.194. The molecule has 1 aliphatic heterocycles. The number of amides is 1. The molecule has 2 nitrogen and oxygen atoms in total. The van der Waals surface area contributed by atoms with Crippen molar-refractivity contribution in [3.05, 3.63) is 102 Å². The zero-order valence-corrected chi connectivity index (χ0v) is 15.4. The van der Waals surface area contributed by atoms with Crippen LogP contribution in [0.15, 0.2) is 89.8 Å². The van der Waals surface area contributed by atoms with Gasteiger partial charge in [-0.15, -0.1) is 11.8 Å². The first-order chi connectivity index (χ1) is 12.8. The number of benzene rings is 3. The quantitative estimate of drug-likeness (QED) is 0.604. The molecule has 0 bridgehead atoms. The molecule has 1 atom stereocenters. The zero-order valence-electron chi connectivity index (χ0n) is 14.5. The van der Waals surface area contributed by atoms with Gasteiger partial charge in [0.2, 0.25) is 5.91 Å². The van der Waals surface area contributed by atoms with Crippen LogP contribution in [0.25, 0.3) is 0 Å². The summed E-state index contributed by atoms with van der Waals surface area (Å²) in [6.45, 7) is 1.49. The first-order valence-corrected chi connectivity index (χ1v) is 9.81. The van der Waals surface area contributed by atoms with Crippen LogP contribution in [0.1, 0.15) is 21.9 Å². The first-order valence-electron chi connectivity index (χ1n) is 8.93. The number of carbonyl (C=O) groups is 1. The molecule has 3 aromatic carbocycles. The summed E-state index contributed by atoms with van der Waals surface area (Å²) in [5.41, 5.74) is 3.69. The van der Waals surface area contributed by atoms with Crippen molar-refractivity contribution in [1.29, 1.82) is 0 Å². The van der Waals surface area contributed by atoms with Gasteiger partial charge in [0, 0.05) is 18.0 Å². The summed E-state index contributed by atoms with van der Waals surface area (Å²) >= 11 is 1.63. The maximum Gasteiger partial charge on any atom is 0.240 e. The van der Waals surface area contributed by atoms with Gasteiger partial charge in [-0.3, -0.25) is 4.79 Å². The van der Waals surface area contributed by atoms with Gasteiger partial charge in [0.15, 0.2) is 0 Å². The lowest BCUT2D eigenvalue weighted by Crippen LogP contribution is -2.38. The highest BCUT2D eigenvalue weighted by molar-refractivity contribution is 8.00. The number of hydrogen-bond donors (Lipinski definition) is 0. The van der Waals surface area contributed by atoms with Gasteiger partial charge in [0.25, 0.3) is 0 Å². The van der Waals surface area contributed by atoms with Crippen molar-refractivity contribution in [3.63, 3.8) is 0 Å². The molecule has 1 unspecified atom stereocenters. The third-order valence-electron chi connectivity index (χ3n) is 4.77. The largest absolute Gasteiger partial charge is 0.337 e. The standard InChI is InChI=1S/C23H21NOS/c25-23(24-16-15-18-9-7-8-12-20(18)17-24)22(19-10-3-1-4-11-19)26-21-13-5-2-6-14-21/h1-14,22H,15-17H2. The number of carbonyl (C=O) groups excluding carboxylic acids is 1. The minimum absolute atomic E-state index is 0.194. The molecule has 1 heterocycles. The SMILES string of the molecule is O=C(C(Sc1ccccc1)c1ccccc1)N1CCc2ccccc2C1. The molecule has 26 heavy (non-hydrogen) atoms. The Morgan fingerprint density at radius 2 is 1.42 bits per heavy atom. The topological polar surface area (TPSA) is 20.3 Å². The summed E-state index contributed by atoms with van der Waals surface area (Å²) < 4.78 is 0.